The lowest BCUT2D eigenvalue weighted by Gasteiger charge is -2.20. The summed E-state index contributed by atoms with van der Waals surface area (Å²) in [6.07, 6.45) is 2.61. The van der Waals surface area contributed by atoms with Crippen LogP contribution < -0.4 is 15.2 Å². The molecule has 35 heavy (non-hydrogen) atoms. The molecule has 1 aliphatic heterocycles. The normalized spacial score (nSPS) is 15.6. The van der Waals surface area contributed by atoms with Gasteiger partial charge in [0, 0.05) is 36.8 Å². The Bertz CT molecular complexity index is 1200. The van der Waals surface area contributed by atoms with Gasteiger partial charge in [-0.2, -0.15) is 0 Å². The van der Waals surface area contributed by atoms with Crippen LogP contribution in [0.2, 0.25) is 0 Å². The van der Waals surface area contributed by atoms with Gasteiger partial charge >= 0.3 is 0 Å². The summed E-state index contributed by atoms with van der Waals surface area (Å²) in [4.78, 5) is 26.6. The number of nitrogens with two attached hydrogens (primary N) is 1. The van der Waals surface area contributed by atoms with Crippen molar-refractivity contribution in [2.45, 2.75) is 31.3 Å². The van der Waals surface area contributed by atoms with Crippen molar-refractivity contribution in [3.05, 3.63) is 47.6 Å². The first-order valence-electron chi connectivity index (χ1n) is 11.4. The third-order valence-electron chi connectivity index (χ3n) is 5.58. The molecule has 186 valence electrons. The second-order valence-electron chi connectivity index (χ2n) is 8.67. The van der Waals surface area contributed by atoms with Crippen LogP contribution in [0.4, 0.5) is 10.8 Å². The zero-order chi connectivity index (χ0) is 24.9. The Morgan fingerprint density at radius 1 is 1.20 bits per heavy atom. The van der Waals surface area contributed by atoms with E-state index in [9.17, 15) is 9.00 Å². The number of nitrogens with one attached hydrogen (secondary N) is 1. The molecule has 1 aromatic carbocycles. The number of benzene rings is 1. The van der Waals surface area contributed by atoms with E-state index < -0.39 is 11.0 Å². The topological polar surface area (TPSA) is 114 Å². The van der Waals surface area contributed by atoms with E-state index >= 15 is 0 Å². The fourth-order valence-electron chi connectivity index (χ4n) is 3.75. The van der Waals surface area contributed by atoms with E-state index in [0.29, 0.717) is 33.7 Å². The molecular weight excluding hydrogens is 484 g/mol. The van der Waals surface area contributed by atoms with Gasteiger partial charge in [0.25, 0.3) is 5.91 Å². The quantitative estimate of drug-likeness (QED) is 0.496. The number of hydrogen-bond acceptors (Lipinski definition) is 8. The molecule has 11 heteroatoms. The molecular formula is C24H30N6O3S2. The maximum absolute atomic E-state index is 12.9. The van der Waals surface area contributed by atoms with Crippen molar-refractivity contribution in [2.24, 2.45) is 5.14 Å². The molecule has 1 saturated heterocycles. The number of aromatic nitrogens is 2. The number of ether oxygens (including phenoxy) is 1. The number of amides is 1. The molecule has 1 aliphatic rings. The van der Waals surface area contributed by atoms with Crippen molar-refractivity contribution in [2.75, 3.05) is 38.5 Å². The first-order valence-corrected chi connectivity index (χ1v) is 13.5. The predicted octanol–water partition coefficient (Wildman–Crippen LogP) is 3.49. The average molecular weight is 515 g/mol. The van der Waals surface area contributed by atoms with E-state index in [1.807, 2.05) is 30.2 Å². The monoisotopic (exact) mass is 514 g/mol. The highest BCUT2D eigenvalue weighted by atomic mass is 32.2. The number of likely N-dealkylation sites (N-methyl/N-ethyl adjacent to an activating group) is 1. The summed E-state index contributed by atoms with van der Waals surface area (Å²) in [5, 5.41) is 11.4. The van der Waals surface area contributed by atoms with Gasteiger partial charge < -0.3 is 19.9 Å². The second-order valence-corrected chi connectivity index (χ2v) is 10.6. The highest BCUT2D eigenvalue weighted by Crippen LogP contribution is 2.33. The van der Waals surface area contributed by atoms with Crippen LogP contribution in [0.1, 0.15) is 30.8 Å². The molecule has 3 aromatic rings. The molecule has 0 spiro atoms. The fourth-order valence-corrected chi connectivity index (χ4v) is 4.92. The number of carbonyl (C=O) groups is 1. The zero-order valence-electron chi connectivity index (χ0n) is 20.1. The summed E-state index contributed by atoms with van der Waals surface area (Å²) in [7, 11) is 0.467. The van der Waals surface area contributed by atoms with Gasteiger partial charge in [-0.1, -0.05) is 0 Å². The van der Waals surface area contributed by atoms with Gasteiger partial charge in [-0.25, -0.2) is 14.3 Å². The van der Waals surface area contributed by atoms with Gasteiger partial charge in [0.2, 0.25) is 0 Å². The number of pyridine rings is 1. The lowest BCUT2D eigenvalue weighted by molar-refractivity contribution is 0.0757. The summed E-state index contributed by atoms with van der Waals surface area (Å²) < 4.78 is 17.6. The lowest BCUT2D eigenvalue weighted by atomic mass is 10.2. The van der Waals surface area contributed by atoms with Crippen LogP contribution in [0, 0.1) is 0 Å². The first kappa shape index (κ1) is 25.2. The molecule has 2 aromatic heterocycles. The minimum Gasteiger partial charge on any atom is -0.489 e. The van der Waals surface area contributed by atoms with E-state index in [1.165, 1.54) is 11.3 Å². The fraction of sp³-hybridized carbons (Fsp3) is 0.375. The van der Waals surface area contributed by atoms with E-state index in [-0.39, 0.29) is 12.0 Å². The number of hydrogen-bond donors (Lipinski definition) is 2. The van der Waals surface area contributed by atoms with Crippen molar-refractivity contribution in [3.63, 3.8) is 0 Å². The van der Waals surface area contributed by atoms with E-state index in [2.05, 4.69) is 27.2 Å². The molecule has 3 N–H and O–H groups in total. The minimum atomic E-state index is -1.61. The molecule has 1 fully saturated rings. The van der Waals surface area contributed by atoms with Crippen LogP contribution >= 0.6 is 11.3 Å². The highest BCUT2D eigenvalue weighted by molar-refractivity contribution is 7.82. The van der Waals surface area contributed by atoms with Gasteiger partial charge in [-0.3, -0.25) is 9.78 Å². The Kier molecular flexibility index (Phi) is 8.11. The molecule has 0 bridgehead atoms. The average Bonchev–Trinajstić information content (AvgIpc) is 3.19. The Balaban J connectivity index is 1.49. The molecule has 9 nitrogen and oxygen atoms in total. The van der Waals surface area contributed by atoms with E-state index in [0.717, 1.165) is 37.3 Å². The van der Waals surface area contributed by atoms with Crippen molar-refractivity contribution in [1.82, 2.24) is 19.8 Å². The summed E-state index contributed by atoms with van der Waals surface area (Å²) in [6, 6.07) is 8.77. The number of anilines is 2. The number of thiazole rings is 1. The minimum absolute atomic E-state index is 0.0286. The lowest BCUT2D eigenvalue weighted by Crippen LogP contribution is -2.34. The van der Waals surface area contributed by atoms with Gasteiger partial charge in [0.1, 0.15) is 22.4 Å². The van der Waals surface area contributed by atoms with Crippen LogP contribution in [-0.4, -0.2) is 69.2 Å². The summed E-state index contributed by atoms with van der Waals surface area (Å²) in [6.45, 7) is 7.19. The number of carbonyl (C=O) groups excluding carboxylic acids is 1. The maximum atomic E-state index is 12.9. The molecule has 0 radical (unpaired) electrons. The number of nitrogens with zero attached hydrogens (tertiary/aromatic N) is 4. The Labute approximate surface area is 211 Å². The van der Waals surface area contributed by atoms with Gasteiger partial charge in [0.05, 0.1) is 22.4 Å². The van der Waals surface area contributed by atoms with Gasteiger partial charge in [-0.15, -0.1) is 11.3 Å². The highest BCUT2D eigenvalue weighted by Gasteiger charge is 2.20. The molecule has 1 unspecified atom stereocenters. The molecule has 0 saturated carbocycles. The summed E-state index contributed by atoms with van der Waals surface area (Å²) >= 11 is 1.42. The third kappa shape index (κ3) is 6.43. The molecule has 1 atom stereocenters. The smallest absolute Gasteiger partial charge is 0.272 e. The summed E-state index contributed by atoms with van der Waals surface area (Å²) in [5.74, 6) is 0.581. The zero-order valence-corrected chi connectivity index (χ0v) is 21.7. The van der Waals surface area contributed by atoms with Crippen LogP contribution in [-0.2, 0) is 11.0 Å². The Hall–Kier alpha value is -2.86. The Morgan fingerprint density at radius 3 is 2.74 bits per heavy atom. The van der Waals surface area contributed by atoms with E-state index in [4.69, 9.17) is 9.88 Å². The second kappa shape index (κ2) is 11.3. The van der Waals surface area contributed by atoms with E-state index in [1.54, 1.807) is 30.5 Å². The van der Waals surface area contributed by atoms with Gasteiger partial charge in [-0.05, 0) is 64.2 Å². The third-order valence-corrected chi connectivity index (χ3v) is 7.05. The summed E-state index contributed by atoms with van der Waals surface area (Å²) in [5.41, 5.74) is 2.63. The van der Waals surface area contributed by atoms with Crippen LogP contribution in [0.3, 0.4) is 0 Å². The number of rotatable bonds is 7. The van der Waals surface area contributed by atoms with Crippen LogP contribution in [0.15, 0.2) is 46.8 Å². The molecule has 1 amide bonds. The largest absolute Gasteiger partial charge is 0.489 e. The maximum Gasteiger partial charge on any atom is 0.272 e. The van der Waals surface area contributed by atoms with Crippen molar-refractivity contribution in [1.29, 1.82) is 0 Å². The van der Waals surface area contributed by atoms with Crippen LogP contribution in [0.5, 0.6) is 5.75 Å². The Morgan fingerprint density at radius 2 is 2.03 bits per heavy atom. The SMILES string of the molecule is CC(C)Oc1ccc(S(N)=O)cc1Nc1nc(-c2ccc(C(=O)N3CCCN(C)CC3)nc2)cs1. The van der Waals surface area contributed by atoms with Crippen LogP contribution in [0.25, 0.3) is 11.3 Å². The molecule has 4 rings (SSSR count). The molecule has 3 heterocycles. The van der Waals surface area contributed by atoms with Crippen molar-refractivity contribution >= 4 is 39.0 Å². The first-order chi connectivity index (χ1) is 16.8. The predicted molar refractivity (Wildman–Crippen MR) is 139 cm³/mol. The molecule has 0 aliphatic carbocycles. The standard InChI is InChI=1S/C24H30N6O3S2/c1-16(2)33-22-8-6-18(35(25)32)13-20(22)27-24-28-21(15-34-24)17-5-7-19(26-14-17)23(31)30-10-4-9-29(3)11-12-30/h5-8,13-16H,4,9-12,25H2,1-3H3,(H,27,28). The van der Waals surface area contributed by atoms with Crippen molar-refractivity contribution < 1.29 is 13.7 Å². The van der Waals surface area contributed by atoms with Crippen molar-refractivity contribution in [3.8, 4) is 17.0 Å². The van der Waals surface area contributed by atoms with Gasteiger partial charge in [0.15, 0.2) is 5.13 Å².